The van der Waals surface area contributed by atoms with Crippen LogP contribution in [-0.2, 0) is 11.3 Å². The van der Waals surface area contributed by atoms with Crippen LogP contribution in [0.3, 0.4) is 0 Å². The molecule has 21 heavy (non-hydrogen) atoms. The molecule has 1 unspecified atom stereocenters. The molecule has 0 saturated carbocycles. The van der Waals surface area contributed by atoms with Crippen LogP contribution in [0, 0.1) is 11.7 Å². The molecule has 1 amide bonds. The second-order valence-corrected chi connectivity index (χ2v) is 6.46. The van der Waals surface area contributed by atoms with Crippen LogP contribution in [-0.4, -0.2) is 30.4 Å². The van der Waals surface area contributed by atoms with Crippen molar-refractivity contribution in [2.75, 3.05) is 19.6 Å². The van der Waals surface area contributed by atoms with Gasteiger partial charge in [0.2, 0.25) is 5.91 Å². The van der Waals surface area contributed by atoms with Crippen molar-refractivity contribution >= 4 is 21.8 Å². The van der Waals surface area contributed by atoms with Gasteiger partial charge in [0, 0.05) is 29.5 Å². The van der Waals surface area contributed by atoms with Crippen LogP contribution in [0.15, 0.2) is 22.7 Å². The van der Waals surface area contributed by atoms with Gasteiger partial charge in [-0.15, -0.1) is 0 Å². The predicted molar refractivity (Wildman–Crippen MR) is 85.4 cm³/mol. The molecular weight excluding hydrogens is 335 g/mol. The summed E-state index contributed by atoms with van der Waals surface area (Å²) in [7, 11) is 0. The molecule has 0 aromatic heterocycles. The van der Waals surface area contributed by atoms with E-state index >= 15 is 0 Å². The van der Waals surface area contributed by atoms with Crippen molar-refractivity contribution < 1.29 is 9.18 Å². The molecule has 1 aliphatic heterocycles. The van der Waals surface area contributed by atoms with E-state index in [2.05, 4.69) is 21.2 Å². The minimum absolute atomic E-state index is 0.115. The fraction of sp³-hybridized carbons (Fsp3) is 0.562. The van der Waals surface area contributed by atoms with Gasteiger partial charge in [0.25, 0.3) is 0 Å². The van der Waals surface area contributed by atoms with Crippen molar-refractivity contribution in [3.8, 4) is 0 Å². The number of carbonyl (C=O) groups is 1. The maximum atomic E-state index is 13.8. The summed E-state index contributed by atoms with van der Waals surface area (Å²) in [6.07, 6.45) is 2.62. The first-order valence-electron chi connectivity index (χ1n) is 7.52. The van der Waals surface area contributed by atoms with Crippen molar-refractivity contribution in [2.45, 2.75) is 32.7 Å². The Bertz CT molecular complexity index is 489. The van der Waals surface area contributed by atoms with Crippen LogP contribution in [0.25, 0.3) is 0 Å². The molecule has 3 nitrogen and oxygen atoms in total. The lowest BCUT2D eigenvalue weighted by Gasteiger charge is -2.22. The highest BCUT2D eigenvalue weighted by atomic mass is 79.9. The summed E-state index contributed by atoms with van der Waals surface area (Å²) in [6.45, 7) is 4.95. The van der Waals surface area contributed by atoms with E-state index in [-0.39, 0.29) is 11.7 Å². The van der Waals surface area contributed by atoms with E-state index in [0.717, 1.165) is 30.4 Å². The molecule has 1 saturated heterocycles. The number of benzene rings is 1. The number of amides is 1. The van der Waals surface area contributed by atoms with Gasteiger partial charge in [0.05, 0.1) is 0 Å². The van der Waals surface area contributed by atoms with Crippen LogP contribution in [0.4, 0.5) is 4.39 Å². The van der Waals surface area contributed by atoms with Gasteiger partial charge in [-0.1, -0.05) is 15.9 Å². The highest BCUT2D eigenvalue weighted by Crippen LogP contribution is 2.19. The Kier molecular flexibility index (Phi) is 6.18. The molecule has 5 heteroatoms. The Morgan fingerprint density at radius 2 is 2.33 bits per heavy atom. The van der Waals surface area contributed by atoms with Gasteiger partial charge in [-0.05, 0) is 57.0 Å². The van der Waals surface area contributed by atoms with E-state index in [1.165, 1.54) is 6.07 Å². The van der Waals surface area contributed by atoms with Crippen molar-refractivity contribution in [3.05, 3.63) is 34.1 Å². The zero-order chi connectivity index (χ0) is 15.2. The van der Waals surface area contributed by atoms with E-state index in [1.54, 1.807) is 17.0 Å². The first kappa shape index (κ1) is 16.4. The average Bonchev–Trinajstić information content (AvgIpc) is 2.99. The SMILES string of the molecule is CCN(Cc1cc(Br)ccc1F)C(=O)CCC1CCNC1. The van der Waals surface area contributed by atoms with Gasteiger partial charge in [-0.25, -0.2) is 4.39 Å². The third-order valence-corrected chi connectivity index (χ3v) is 4.53. The smallest absolute Gasteiger partial charge is 0.222 e. The monoisotopic (exact) mass is 356 g/mol. The molecule has 0 radical (unpaired) electrons. The summed E-state index contributed by atoms with van der Waals surface area (Å²) in [5.41, 5.74) is 0.558. The van der Waals surface area contributed by atoms with Crippen molar-refractivity contribution in [1.82, 2.24) is 10.2 Å². The highest BCUT2D eigenvalue weighted by molar-refractivity contribution is 9.10. The third-order valence-electron chi connectivity index (χ3n) is 4.03. The van der Waals surface area contributed by atoms with Crippen LogP contribution in [0.2, 0.25) is 0 Å². The quantitative estimate of drug-likeness (QED) is 0.847. The van der Waals surface area contributed by atoms with Gasteiger partial charge < -0.3 is 10.2 Å². The number of rotatable bonds is 6. The summed E-state index contributed by atoms with van der Waals surface area (Å²) in [5.74, 6) is 0.462. The fourth-order valence-corrected chi connectivity index (χ4v) is 3.10. The van der Waals surface area contributed by atoms with Crippen molar-refractivity contribution in [3.63, 3.8) is 0 Å². The Hall–Kier alpha value is -0.940. The van der Waals surface area contributed by atoms with Crippen LogP contribution >= 0.6 is 15.9 Å². The minimum Gasteiger partial charge on any atom is -0.339 e. The second-order valence-electron chi connectivity index (χ2n) is 5.54. The molecule has 1 fully saturated rings. The van der Waals surface area contributed by atoms with Crippen molar-refractivity contribution in [1.29, 1.82) is 0 Å². The van der Waals surface area contributed by atoms with Crippen LogP contribution < -0.4 is 5.32 Å². The van der Waals surface area contributed by atoms with E-state index in [1.807, 2.05) is 6.92 Å². The fourth-order valence-electron chi connectivity index (χ4n) is 2.69. The van der Waals surface area contributed by atoms with Gasteiger partial charge in [0.15, 0.2) is 0 Å². The van der Waals surface area contributed by atoms with Gasteiger partial charge in [-0.2, -0.15) is 0 Å². The number of nitrogens with zero attached hydrogens (tertiary/aromatic N) is 1. The number of halogens is 2. The van der Waals surface area contributed by atoms with E-state index in [0.29, 0.717) is 31.0 Å². The van der Waals surface area contributed by atoms with Gasteiger partial charge in [0.1, 0.15) is 5.82 Å². The number of nitrogens with one attached hydrogen (secondary N) is 1. The largest absolute Gasteiger partial charge is 0.339 e. The molecule has 1 aromatic carbocycles. The zero-order valence-corrected chi connectivity index (χ0v) is 14.0. The summed E-state index contributed by atoms with van der Waals surface area (Å²) in [6, 6.07) is 4.85. The first-order valence-corrected chi connectivity index (χ1v) is 8.32. The summed E-state index contributed by atoms with van der Waals surface area (Å²) >= 11 is 3.34. The molecule has 1 heterocycles. The molecule has 1 N–H and O–H groups in total. The first-order chi connectivity index (χ1) is 10.1. The Morgan fingerprint density at radius 3 is 3.00 bits per heavy atom. The maximum Gasteiger partial charge on any atom is 0.222 e. The normalized spacial score (nSPS) is 18.0. The molecule has 116 valence electrons. The lowest BCUT2D eigenvalue weighted by molar-refractivity contribution is -0.131. The molecule has 2 rings (SSSR count). The average molecular weight is 357 g/mol. The highest BCUT2D eigenvalue weighted by Gasteiger charge is 2.19. The van der Waals surface area contributed by atoms with E-state index in [9.17, 15) is 9.18 Å². The molecule has 0 aliphatic carbocycles. The number of hydrogen-bond acceptors (Lipinski definition) is 2. The molecular formula is C16H22BrFN2O. The van der Waals surface area contributed by atoms with Crippen LogP contribution in [0.5, 0.6) is 0 Å². The molecule has 1 atom stereocenters. The van der Waals surface area contributed by atoms with Gasteiger partial charge >= 0.3 is 0 Å². The summed E-state index contributed by atoms with van der Waals surface area (Å²) in [4.78, 5) is 14.0. The Morgan fingerprint density at radius 1 is 1.52 bits per heavy atom. The zero-order valence-electron chi connectivity index (χ0n) is 12.4. The van der Waals surface area contributed by atoms with Gasteiger partial charge in [-0.3, -0.25) is 4.79 Å². The Labute approximate surface area is 134 Å². The van der Waals surface area contributed by atoms with E-state index < -0.39 is 0 Å². The second kappa shape index (κ2) is 7.90. The van der Waals surface area contributed by atoms with Crippen LogP contribution in [0.1, 0.15) is 31.7 Å². The van der Waals surface area contributed by atoms with Crippen molar-refractivity contribution in [2.24, 2.45) is 5.92 Å². The minimum atomic E-state index is -0.260. The summed E-state index contributed by atoms with van der Waals surface area (Å²) < 4.78 is 14.6. The maximum absolute atomic E-state index is 13.8. The van der Waals surface area contributed by atoms with E-state index in [4.69, 9.17) is 0 Å². The topological polar surface area (TPSA) is 32.3 Å². The molecule has 1 aliphatic rings. The lowest BCUT2D eigenvalue weighted by Crippen LogP contribution is -2.31. The lowest BCUT2D eigenvalue weighted by atomic mass is 10.0. The molecule has 0 bridgehead atoms. The number of hydrogen-bond donors (Lipinski definition) is 1. The Balaban J connectivity index is 1.91. The standard InChI is InChI=1S/C16H22BrFN2O/c1-2-20(11-13-9-14(17)4-5-15(13)18)16(21)6-3-12-7-8-19-10-12/h4-5,9,12,19H,2-3,6-8,10-11H2,1H3. The molecule has 1 aromatic rings. The predicted octanol–water partition coefficient (Wildman–Crippen LogP) is 3.33. The molecule has 0 spiro atoms. The third kappa shape index (κ3) is 4.78. The summed E-state index contributed by atoms with van der Waals surface area (Å²) in [5, 5.41) is 3.31. The number of carbonyl (C=O) groups excluding carboxylic acids is 1.